The highest BCUT2D eigenvalue weighted by Crippen LogP contribution is 2.30. The van der Waals surface area contributed by atoms with Gasteiger partial charge in [-0.15, -0.1) is 0 Å². The summed E-state index contributed by atoms with van der Waals surface area (Å²) >= 11 is 0. The molecule has 0 radical (unpaired) electrons. The summed E-state index contributed by atoms with van der Waals surface area (Å²) in [6.07, 6.45) is 4.88. The van der Waals surface area contributed by atoms with Crippen molar-refractivity contribution >= 4 is 10.0 Å². The van der Waals surface area contributed by atoms with Gasteiger partial charge in [0, 0.05) is 25.7 Å². The molecule has 0 saturated carbocycles. The minimum atomic E-state index is -3.07. The third-order valence-electron chi connectivity index (χ3n) is 4.73. The molecule has 8 heteroatoms. The van der Waals surface area contributed by atoms with Gasteiger partial charge in [-0.1, -0.05) is 0 Å². The fourth-order valence-corrected chi connectivity index (χ4v) is 4.38. The smallest absolute Gasteiger partial charge is 0.211 e. The highest BCUT2D eigenvalue weighted by atomic mass is 32.2. The highest BCUT2D eigenvalue weighted by Gasteiger charge is 2.35. The van der Waals surface area contributed by atoms with Crippen LogP contribution in [0.1, 0.15) is 30.1 Å². The van der Waals surface area contributed by atoms with Gasteiger partial charge in [-0.25, -0.2) is 12.7 Å². The monoisotopic (exact) mass is 328 g/mol. The van der Waals surface area contributed by atoms with Crippen LogP contribution in [0.2, 0.25) is 0 Å². The second kappa shape index (κ2) is 6.27. The molecule has 0 bridgehead atoms. The number of ether oxygens (including phenoxy) is 1. The Kier molecular flexibility index (Phi) is 4.54. The first-order valence-corrected chi connectivity index (χ1v) is 9.60. The molecule has 0 amide bonds. The third-order valence-corrected chi connectivity index (χ3v) is 6.04. The minimum absolute atomic E-state index is 0.186. The number of morpholine rings is 1. The fraction of sp³-hybridized carbons (Fsp3) is 0.786. The van der Waals surface area contributed by atoms with Gasteiger partial charge in [-0.2, -0.15) is 5.10 Å². The van der Waals surface area contributed by atoms with Crippen LogP contribution in [0.25, 0.3) is 0 Å². The van der Waals surface area contributed by atoms with Crippen LogP contribution in [0.4, 0.5) is 0 Å². The molecule has 1 atom stereocenters. The molecular weight excluding hydrogens is 304 g/mol. The molecule has 2 saturated heterocycles. The Morgan fingerprint density at radius 1 is 1.32 bits per heavy atom. The summed E-state index contributed by atoms with van der Waals surface area (Å²) in [6, 6.07) is 0.584. The van der Waals surface area contributed by atoms with Crippen molar-refractivity contribution in [1.29, 1.82) is 0 Å². The Labute approximate surface area is 131 Å². The van der Waals surface area contributed by atoms with E-state index in [0.29, 0.717) is 25.7 Å². The molecule has 7 nitrogen and oxygen atoms in total. The zero-order valence-corrected chi connectivity index (χ0v) is 14.0. The van der Waals surface area contributed by atoms with Gasteiger partial charge < -0.3 is 4.74 Å². The zero-order chi connectivity index (χ0) is 15.7. The van der Waals surface area contributed by atoms with E-state index in [9.17, 15) is 8.42 Å². The van der Waals surface area contributed by atoms with Gasteiger partial charge in [0.15, 0.2) is 0 Å². The normalized spacial score (nSPS) is 26.4. The maximum absolute atomic E-state index is 11.6. The van der Waals surface area contributed by atoms with Gasteiger partial charge in [0.2, 0.25) is 10.0 Å². The molecule has 2 aliphatic rings. The van der Waals surface area contributed by atoms with Crippen LogP contribution in [0.5, 0.6) is 0 Å². The summed E-state index contributed by atoms with van der Waals surface area (Å²) in [5.41, 5.74) is 2.26. The largest absolute Gasteiger partial charge is 0.378 e. The molecule has 124 valence electrons. The molecule has 0 aliphatic carbocycles. The maximum atomic E-state index is 11.6. The van der Waals surface area contributed by atoms with Gasteiger partial charge in [0.1, 0.15) is 0 Å². The number of aryl methyl sites for hydroxylation is 1. The molecule has 1 aromatic rings. The van der Waals surface area contributed by atoms with E-state index in [1.54, 1.807) is 4.31 Å². The topological polar surface area (TPSA) is 78.5 Å². The Bertz CT molecular complexity index is 607. The lowest BCUT2D eigenvalue weighted by Crippen LogP contribution is -2.51. The lowest BCUT2D eigenvalue weighted by molar-refractivity contribution is -0.0407. The van der Waals surface area contributed by atoms with Crippen molar-refractivity contribution in [2.45, 2.75) is 31.8 Å². The van der Waals surface area contributed by atoms with E-state index < -0.39 is 10.0 Å². The predicted octanol–water partition coefficient (Wildman–Crippen LogP) is 0.515. The summed E-state index contributed by atoms with van der Waals surface area (Å²) in [6.45, 7) is 5.54. The Balaban J connectivity index is 1.72. The van der Waals surface area contributed by atoms with Crippen molar-refractivity contribution in [2.75, 3.05) is 39.1 Å². The molecular formula is C14H24N4O3S. The van der Waals surface area contributed by atoms with Crippen molar-refractivity contribution in [3.05, 3.63) is 17.5 Å². The lowest BCUT2D eigenvalue weighted by Gasteiger charge is -2.43. The van der Waals surface area contributed by atoms with Crippen LogP contribution in [-0.2, 0) is 14.8 Å². The molecule has 0 unspecified atom stereocenters. The first-order valence-electron chi connectivity index (χ1n) is 7.75. The number of piperidine rings is 1. The third kappa shape index (κ3) is 3.19. The van der Waals surface area contributed by atoms with E-state index in [0.717, 1.165) is 37.3 Å². The quantitative estimate of drug-likeness (QED) is 0.875. The minimum Gasteiger partial charge on any atom is -0.378 e. The van der Waals surface area contributed by atoms with E-state index >= 15 is 0 Å². The van der Waals surface area contributed by atoms with E-state index in [-0.39, 0.29) is 6.04 Å². The summed E-state index contributed by atoms with van der Waals surface area (Å²) in [5, 5.41) is 7.23. The number of nitrogens with one attached hydrogen (secondary N) is 1. The summed E-state index contributed by atoms with van der Waals surface area (Å²) in [5.74, 6) is 0. The number of aromatic amines is 1. The Morgan fingerprint density at radius 3 is 2.64 bits per heavy atom. The number of aromatic nitrogens is 2. The molecule has 2 aliphatic heterocycles. The summed E-state index contributed by atoms with van der Waals surface area (Å²) in [7, 11) is -3.07. The number of nitrogens with zero attached hydrogens (tertiary/aromatic N) is 3. The van der Waals surface area contributed by atoms with E-state index in [1.165, 1.54) is 6.26 Å². The molecule has 22 heavy (non-hydrogen) atoms. The Hall–Kier alpha value is -0.960. The van der Waals surface area contributed by atoms with Crippen LogP contribution in [0.15, 0.2) is 6.20 Å². The van der Waals surface area contributed by atoms with Gasteiger partial charge in [-0.3, -0.25) is 10.00 Å². The van der Waals surface area contributed by atoms with Gasteiger partial charge in [0.05, 0.1) is 37.4 Å². The number of hydrogen-bond donors (Lipinski definition) is 1. The number of H-pyrrole nitrogens is 1. The molecule has 2 fully saturated rings. The van der Waals surface area contributed by atoms with Gasteiger partial charge in [-0.05, 0) is 25.3 Å². The number of sulfonamides is 1. The highest BCUT2D eigenvalue weighted by molar-refractivity contribution is 7.88. The fourth-order valence-electron chi connectivity index (χ4n) is 3.50. The van der Waals surface area contributed by atoms with Crippen LogP contribution in [-0.4, -0.2) is 73.0 Å². The van der Waals surface area contributed by atoms with Gasteiger partial charge >= 0.3 is 0 Å². The van der Waals surface area contributed by atoms with Crippen LogP contribution in [0.3, 0.4) is 0 Å². The maximum Gasteiger partial charge on any atom is 0.211 e. The molecule has 1 aromatic heterocycles. The molecule has 1 N–H and O–H groups in total. The second-order valence-corrected chi connectivity index (χ2v) is 8.17. The second-order valence-electron chi connectivity index (χ2n) is 6.19. The van der Waals surface area contributed by atoms with E-state index in [1.807, 2.05) is 6.20 Å². The van der Waals surface area contributed by atoms with Crippen molar-refractivity contribution in [2.24, 2.45) is 0 Å². The summed E-state index contributed by atoms with van der Waals surface area (Å²) in [4.78, 5) is 2.46. The SMILES string of the molecule is Cc1cn[nH]c1[C@@H]1COCCN1C1CCN(S(C)(=O)=O)CC1. The Morgan fingerprint density at radius 2 is 2.05 bits per heavy atom. The predicted molar refractivity (Wildman–Crippen MR) is 83.0 cm³/mol. The van der Waals surface area contributed by atoms with Crippen molar-refractivity contribution < 1.29 is 13.2 Å². The van der Waals surface area contributed by atoms with Crippen LogP contribution in [0, 0.1) is 6.92 Å². The summed E-state index contributed by atoms with van der Waals surface area (Å²) < 4.78 is 30.5. The molecule has 3 heterocycles. The first kappa shape index (κ1) is 15.9. The number of rotatable bonds is 3. The van der Waals surface area contributed by atoms with Crippen molar-refractivity contribution in [3.8, 4) is 0 Å². The standard InChI is InChI=1S/C14H24N4O3S/c1-11-9-15-16-14(11)13-10-21-8-7-18(13)12-3-5-17(6-4-12)22(2,19)20/h9,12-13H,3-8,10H2,1-2H3,(H,15,16)/t13-/m0/s1. The van der Waals surface area contributed by atoms with E-state index in [2.05, 4.69) is 22.0 Å². The van der Waals surface area contributed by atoms with Crippen LogP contribution >= 0.6 is 0 Å². The lowest BCUT2D eigenvalue weighted by atomic mass is 9.99. The first-order chi connectivity index (χ1) is 10.5. The van der Waals surface area contributed by atoms with Crippen molar-refractivity contribution in [3.63, 3.8) is 0 Å². The average Bonchev–Trinajstić information content (AvgIpc) is 2.92. The van der Waals surface area contributed by atoms with Crippen LogP contribution < -0.4 is 0 Å². The van der Waals surface area contributed by atoms with E-state index in [4.69, 9.17) is 4.74 Å². The molecule has 0 aromatic carbocycles. The van der Waals surface area contributed by atoms with Gasteiger partial charge in [0.25, 0.3) is 0 Å². The average molecular weight is 328 g/mol. The molecule has 3 rings (SSSR count). The van der Waals surface area contributed by atoms with Crippen molar-refractivity contribution in [1.82, 2.24) is 19.4 Å². The number of hydrogen-bond acceptors (Lipinski definition) is 5. The zero-order valence-electron chi connectivity index (χ0n) is 13.2. The molecule has 0 spiro atoms.